The van der Waals surface area contributed by atoms with Crippen molar-refractivity contribution in [1.82, 2.24) is 14.2 Å². The normalized spacial score (nSPS) is 39.4. The minimum Gasteiger partial charge on any atom is -0.479 e. The summed E-state index contributed by atoms with van der Waals surface area (Å²) in [5.41, 5.74) is 0. The van der Waals surface area contributed by atoms with Gasteiger partial charge in [0.2, 0.25) is 0 Å². The first-order valence-electron chi connectivity index (χ1n) is 27.3. The number of carbonyl (C=O) groups is 3. The fraction of sp³-hybridized carbons (Fsp3) is 0.917. The van der Waals surface area contributed by atoms with Gasteiger partial charge < -0.3 is 108 Å². The lowest BCUT2D eigenvalue weighted by atomic mass is 9.94. The third-order valence-electron chi connectivity index (χ3n) is 14.5. The van der Waals surface area contributed by atoms with Gasteiger partial charge >= 0.3 is 111 Å². The Morgan fingerprint density at radius 1 is 0.283 bits per heavy atom. The van der Waals surface area contributed by atoms with Crippen LogP contribution in [0.25, 0.3) is 0 Å². The molecule has 6 fully saturated rings. The number of hydrogen-bond acceptors (Lipinski definition) is 46. The average molecular weight is 1750 g/mol. The standard InChI is InChI=1S/C36H59N3O58S9/c40-10-4(1-81-101(63,64)65)84-32(7(11(10)41)37-98(54,55)56)91-20-15(45)23(96-105(75,76)77)35(93-26(20)29(49)50)89-18-6(3-83-103(69,70)71)86-34(9(13(18)43)39-100(60,61)62)92-21-16(46)24(97-106(78,79)80)36(94-27(21)30(51)52)88-17-5(2-82-102(66,67)68)85-33(8(12(17)42)38-99(57,58)59)90-19-14(44)22(95-104(72,73)74)31(53)87-25(19)28(47)48/h4-27,31-46,53H,1-3H2,(H,47,48)(H,49,50)(H,51,52)(H,54,55,56)(H,57,58,59)(H,60,61,62)(H,63,64,65)(H,66,67,68)(H,69,70,71)(H,72,73,74)(H,75,76,77)(H,78,79,80)/t4-,5+,6-,7+,8-,9+,10-,11+,12-,13+,14+,15-,16?,17-,18-,19+,20+,21-,22-,23+,24+,25-,26+,27-,31-,32-,33-,34-,35-,36-/m0/s1. The summed E-state index contributed by atoms with van der Waals surface area (Å²) in [5, 5.41) is 121. The largest absolute Gasteiger partial charge is 0.479 e. The second-order valence-corrected chi connectivity index (χ2v) is 31.8. The molecule has 23 N–H and O–H groups in total. The van der Waals surface area contributed by atoms with Gasteiger partial charge in [-0.3, -0.25) is 41.0 Å². The van der Waals surface area contributed by atoms with E-state index in [1.165, 1.54) is 4.72 Å². The van der Waals surface area contributed by atoms with Crippen LogP contribution >= 0.6 is 0 Å². The van der Waals surface area contributed by atoms with Crippen LogP contribution in [-0.2, 0) is 185 Å². The van der Waals surface area contributed by atoms with E-state index in [1.807, 2.05) is 0 Å². The van der Waals surface area contributed by atoms with Crippen LogP contribution in [0, 0.1) is 0 Å². The quantitative estimate of drug-likeness (QED) is 0.0266. The van der Waals surface area contributed by atoms with E-state index in [9.17, 15) is 183 Å². The summed E-state index contributed by atoms with van der Waals surface area (Å²) in [6.07, 6.45) is -82.5. The zero-order valence-corrected chi connectivity index (χ0v) is 57.9. The molecule has 6 aliphatic heterocycles. The van der Waals surface area contributed by atoms with Gasteiger partial charge in [-0.1, -0.05) is 0 Å². The Morgan fingerprint density at radius 2 is 0.538 bits per heavy atom. The van der Waals surface area contributed by atoms with Crippen molar-refractivity contribution in [3.05, 3.63) is 0 Å². The van der Waals surface area contributed by atoms with Gasteiger partial charge in [-0.15, -0.1) is 0 Å². The topological polar surface area (TPSA) is 956 Å². The molecule has 0 spiro atoms. The number of aliphatic hydroxyl groups excluding tert-OH is 8. The SMILES string of the molecule is O=C(O)[C@H]1O[C@H](O)[C@@H](OS(=O)(=O)O)[C@H](O)[C@H]1O[C@@H]1O[C@H](COS(=O)(=O)O)[C@H](O[C@H]2O[C@H](C(=O)O)[C@@H](O[C@@H]3O[C@@H](COS(=O)(=O)O)[C@H](O[C@H]4O[C@@H](C(=O)O)[C@H](O[C@@H]5O[C@@H](COS(=O)(=O)O)[C@H](O)[C@H](O)[C@H]5NS(=O)(=O)O)[C@H](O)[C@H]4OS(=O)(=O)O)[C@H](O)[C@H]3NS(=O)(=O)O)C(O)[C@H]2OS(=O)(=O)O)[C@@H](O)[C@@H]1NS(=O)(=O)O. The molecule has 61 nitrogen and oxygen atoms in total. The number of aliphatic carboxylic acids is 3. The van der Waals surface area contributed by atoms with E-state index in [2.05, 4.69) is 29.8 Å². The van der Waals surface area contributed by atoms with Crippen molar-refractivity contribution in [2.75, 3.05) is 19.8 Å². The summed E-state index contributed by atoms with van der Waals surface area (Å²) in [6.45, 7) is -5.54. The lowest BCUT2D eigenvalue weighted by Gasteiger charge is -2.50. The molecule has 106 heavy (non-hydrogen) atoms. The molecule has 0 saturated carbocycles. The smallest absolute Gasteiger partial charge is 0.397 e. The summed E-state index contributed by atoms with van der Waals surface area (Å²) in [7, 11) is -53.5. The highest BCUT2D eigenvalue weighted by molar-refractivity contribution is 7.84. The Labute approximate surface area is 591 Å². The third-order valence-corrected chi connectivity index (χ3v) is 18.9. The van der Waals surface area contributed by atoms with Crippen LogP contribution < -0.4 is 14.2 Å². The lowest BCUT2D eigenvalue weighted by Crippen LogP contribution is -2.71. The van der Waals surface area contributed by atoms with Crippen molar-refractivity contribution >= 4 is 111 Å². The van der Waals surface area contributed by atoms with E-state index in [1.54, 1.807) is 0 Å². The number of ether oxygens (including phenoxy) is 11. The Morgan fingerprint density at radius 3 is 0.821 bits per heavy atom. The maximum absolute atomic E-state index is 13.2. The second kappa shape index (κ2) is 34.4. The second-order valence-electron chi connectivity index (χ2n) is 21.8. The summed E-state index contributed by atoms with van der Waals surface area (Å²) in [6, 6.07) is -8.88. The van der Waals surface area contributed by atoms with Gasteiger partial charge in [-0.05, 0) is 0 Å². The monoisotopic (exact) mass is 1750 g/mol. The Hall–Kier alpha value is -3.52. The van der Waals surface area contributed by atoms with Crippen molar-refractivity contribution in [2.45, 2.75) is 184 Å². The molecule has 1 unspecified atom stereocenters. The first-order valence-corrected chi connectivity index (χ1v) is 39.8. The minimum absolute atomic E-state index is 1.11. The summed E-state index contributed by atoms with van der Waals surface area (Å²) in [4.78, 5) is 38.4. The summed E-state index contributed by atoms with van der Waals surface area (Å²) >= 11 is 0. The van der Waals surface area contributed by atoms with Crippen LogP contribution in [-0.4, -0.2) is 395 Å². The van der Waals surface area contributed by atoms with E-state index < -0.39 is 315 Å². The first kappa shape index (κ1) is 91.4. The molecule has 620 valence electrons. The van der Waals surface area contributed by atoms with E-state index in [4.69, 9.17) is 51.9 Å². The van der Waals surface area contributed by atoms with E-state index in [-0.39, 0.29) is 0 Å². The number of carboxylic acids is 3. The number of rotatable bonds is 34. The average Bonchev–Trinajstić information content (AvgIpc) is 0.763. The zero-order chi connectivity index (χ0) is 80.8. The molecule has 30 atom stereocenters. The fourth-order valence-electron chi connectivity index (χ4n) is 10.5. The van der Waals surface area contributed by atoms with Crippen molar-refractivity contribution in [2.24, 2.45) is 0 Å². The molecule has 0 radical (unpaired) electrons. The number of nitrogens with one attached hydrogen (secondary N) is 3. The van der Waals surface area contributed by atoms with Crippen LogP contribution in [0.5, 0.6) is 0 Å². The molecule has 6 aliphatic rings. The highest BCUT2D eigenvalue weighted by Gasteiger charge is 2.62. The summed E-state index contributed by atoms with van der Waals surface area (Å²) < 4.78 is 390. The molecule has 0 amide bonds. The van der Waals surface area contributed by atoms with Gasteiger partial charge in [-0.2, -0.15) is 89.9 Å². The van der Waals surface area contributed by atoms with Gasteiger partial charge in [-0.25, -0.2) is 39.5 Å². The number of aliphatic hydroxyl groups is 8. The molecule has 0 aromatic heterocycles. The van der Waals surface area contributed by atoms with Crippen LogP contribution in [0.4, 0.5) is 0 Å². The van der Waals surface area contributed by atoms with Crippen molar-refractivity contribution in [3.8, 4) is 0 Å². The molecule has 0 aromatic rings. The molecule has 0 aliphatic carbocycles. The van der Waals surface area contributed by atoms with Crippen LogP contribution in [0.2, 0.25) is 0 Å². The van der Waals surface area contributed by atoms with Gasteiger partial charge in [0.15, 0.2) is 74.4 Å². The van der Waals surface area contributed by atoms with Crippen molar-refractivity contribution in [1.29, 1.82) is 0 Å². The maximum Gasteiger partial charge on any atom is 0.397 e. The molecular formula is C36H59N3O58S9. The maximum atomic E-state index is 13.2. The Balaban J connectivity index is 1.41. The van der Waals surface area contributed by atoms with Crippen LogP contribution in [0.1, 0.15) is 0 Å². The van der Waals surface area contributed by atoms with Crippen molar-refractivity contribution in [3.63, 3.8) is 0 Å². The zero-order valence-electron chi connectivity index (χ0n) is 50.6. The number of carboxylic acid groups (broad SMARTS) is 3. The lowest BCUT2D eigenvalue weighted by molar-refractivity contribution is -0.375. The predicted octanol–water partition coefficient (Wildman–Crippen LogP) is -16.7. The Kier molecular flexibility index (Phi) is 29.7. The minimum atomic E-state index is -6.34. The van der Waals surface area contributed by atoms with Crippen molar-refractivity contribution < 1.29 is 264 Å². The van der Waals surface area contributed by atoms with Crippen LogP contribution in [0.3, 0.4) is 0 Å². The molecular weight excluding hydrogens is 1690 g/mol. The Bertz CT molecular complexity index is 4190. The molecule has 6 rings (SSSR count). The van der Waals surface area contributed by atoms with Gasteiger partial charge in [0.25, 0.3) is 0 Å². The summed E-state index contributed by atoms with van der Waals surface area (Å²) in [5.74, 6) is -7.43. The van der Waals surface area contributed by atoms with E-state index in [0.29, 0.717) is 0 Å². The third kappa shape index (κ3) is 25.8. The van der Waals surface area contributed by atoms with E-state index in [0.717, 1.165) is 9.44 Å². The van der Waals surface area contributed by atoms with Gasteiger partial charge in [0.05, 0.1) is 19.8 Å². The van der Waals surface area contributed by atoms with E-state index >= 15 is 0 Å². The molecule has 6 heterocycles. The molecule has 70 heteroatoms. The van der Waals surface area contributed by atoms with Crippen LogP contribution in [0.15, 0.2) is 0 Å². The molecule has 6 saturated heterocycles. The highest BCUT2D eigenvalue weighted by atomic mass is 32.3. The fourth-order valence-corrected chi connectivity index (χ4v) is 14.6. The highest BCUT2D eigenvalue weighted by Crippen LogP contribution is 2.40. The molecule has 0 bridgehead atoms. The first-order chi connectivity index (χ1) is 47.9. The molecule has 0 aromatic carbocycles. The number of hydrogen-bond donors (Lipinski definition) is 23. The predicted molar refractivity (Wildman–Crippen MR) is 301 cm³/mol. The van der Waals surface area contributed by atoms with Gasteiger partial charge in [0.1, 0.15) is 110 Å². The van der Waals surface area contributed by atoms with Gasteiger partial charge in [0, 0.05) is 0 Å².